The second-order valence-corrected chi connectivity index (χ2v) is 8.79. The van der Waals surface area contributed by atoms with Crippen molar-refractivity contribution in [2.24, 2.45) is 5.92 Å². The fraction of sp³-hybridized carbons (Fsp3) is 0.667. The summed E-state index contributed by atoms with van der Waals surface area (Å²) in [6.07, 6.45) is 7.64. The third-order valence-corrected chi connectivity index (χ3v) is 6.96. The van der Waals surface area contributed by atoms with E-state index < -0.39 is 0 Å². The van der Waals surface area contributed by atoms with Crippen LogP contribution in [0.4, 0.5) is 0 Å². The Morgan fingerprint density at radius 2 is 2.00 bits per heavy atom. The van der Waals surface area contributed by atoms with Crippen LogP contribution in [0.1, 0.15) is 48.9 Å². The lowest BCUT2D eigenvalue weighted by molar-refractivity contribution is -0.103. The lowest BCUT2D eigenvalue weighted by atomic mass is 9.80. The van der Waals surface area contributed by atoms with Gasteiger partial charge in [-0.15, -0.1) is 0 Å². The van der Waals surface area contributed by atoms with Crippen molar-refractivity contribution in [3.8, 4) is 0 Å². The minimum absolute atomic E-state index is 0.239. The van der Waals surface area contributed by atoms with Gasteiger partial charge in [-0.2, -0.15) is 11.8 Å². The molecule has 3 rings (SSSR count). The third-order valence-electron chi connectivity index (χ3n) is 4.99. The van der Waals surface area contributed by atoms with Crippen molar-refractivity contribution < 1.29 is 4.74 Å². The molecule has 0 N–H and O–H groups in total. The summed E-state index contributed by atoms with van der Waals surface area (Å²) in [5, 5.41) is 0. The Bertz CT molecular complexity index is 425. The molecule has 0 amide bonds. The monoisotopic (exact) mass is 368 g/mol. The summed E-state index contributed by atoms with van der Waals surface area (Å²) < 4.78 is 6.20. The van der Waals surface area contributed by atoms with Crippen molar-refractivity contribution in [1.29, 1.82) is 0 Å². The van der Waals surface area contributed by atoms with Gasteiger partial charge in [0.15, 0.2) is 0 Å². The first-order valence-corrected chi connectivity index (χ1v) is 10.3. The molecule has 0 aromatic heterocycles. The number of ether oxygens (including phenoxy) is 1. The zero-order chi connectivity index (χ0) is 14.5. The van der Waals surface area contributed by atoms with Gasteiger partial charge in [-0.25, -0.2) is 0 Å². The van der Waals surface area contributed by atoms with E-state index in [0.29, 0.717) is 4.83 Å². The van der Waals surface area contributed by atoms with E-state index in [2.05, 4.69) is 58.0 Å². The highest BCUT2D eigenvalue weighted by Crippen LogP contribution is 2.42. The number of hydrogen-bond acceptors (Lipinski definition) is 2. The van der Waals surface area contributed by atoms with Gasteiger partial charge in [0.25, 0.3) is 0 Å². The Kier molecular flexibility index (Phi) is 5.69. The van der Waals surface area contributed by atoms with Gasteiger partial charge in [-0.05, 0) is 61.5 Å². The van der Waals surface area contributed by atoms with E-state index in [1.165, 1.54) is 55.6 Å². The second-order valence-electron chi connectivity index (χ2n) is 6.46. The Hall–Kier alpha value is 0.0100. The van der Waals surface area contributed by atoms with Crippen LogP contribution in [0.2, 0.25) is 0 Å². The first-order chi connectivity index (χ1) is 10.3. The van der Waals surface area contributed by atoms with E-state index in [1.807, 2.05) is 0 Å². The summed E-state index contributed by atoms with van der Waals surface area (Å²) >= 11 is 5.96. The van der Waals surface area contributed by atoms with E-state index in [1.54, 1.807) is 0 Å². The summed E-state index contributed by atoms with van der Waals surface area (Å²) in [7, 11) is 0. The second kappa shape index (κ2) is 7.52. The lowest BCUT2D eigenvalue weighted by Gasteiger charge is -2.43. The number of thioether (sulfide) groups is 1. The van der Waals surface area contributed by atoms with Crippen LogP contribution in [-0.2, 0) is 4.74 Å². The zero-order valence-corrected chi connectivity index (χ0v) is 15.0. The molecule has 0 bridgehead atoms. The Labute approximate surface area is 141 Å². The Morgan fingerprint density at radius 3 is 2.76 bits per heavy atom. The minimum Gasteiger partial charge on any atom is -0.375 e. The van der Waals surface area contributed by atoms with Crippen molar-refractivity contribution in [1.82, 2.24) is 0 Å². The molecule has 2 aliphatic rings. The highest BCUT2D eigenvalue weighted by Gasteiger charge is 2.38. The van der Waals surface area contributed by atoms with Crippen molar-refractivity contribution in [3.05, 3.63) is 35.9 Å². The standard InChI is InChI=1S/C18H25BrOS/c19-17(16-4-2-1-3-5-16)7-6-15-8-11-20-18(14-15)9-12-21-13-10-18/h1-5,15,17H,6-14H2. The van der Waals surface area contributed by atoms with Gasteiger partial charge in [0.2, 0.25) is 0 Å². The van der Waals surface area contributed by atoms with Gasteiger partial charge < -0.3 is 4.74 Å². The Balaban J connectivity index is 1.51. The molecular formula is C18H25BrOS. The first kappa shape index (κ1) is 15.9. The van der Waals surface area contributed by atoms with Crippen LogP contribution in [0.3, 0.4) is 0 Å². The summed E-state index contributed by atoms with van der Waals surface area (Å²) in [4.78, 5) is 0.499. The van der Waals surface area contributed by atoms with Gasteiger partial charge in [-0.3, -0.25) is 0 Å². The summed E-state index contributed by atoms with van der Waals surface area (Å²) in [5.41, 5.74) is 1.65. The van der Waals surface area contributed by atoms with Gasteiger partial charge in [0.1, 0.15) is 0 Å². The van der Waals surface area contributed by atoms with Crippen molar-refractivity contribution in [2.75, 3.05) is 18.1 Å². The normalized spacial score (nSPS) is 26.6. The van der Waals surface area contributed by atoms with E-state index in [0.717, 1.165) is 12.5 Å². The van der Waals surface area contributed by atoms with Crippen LogP contribution in [-0.4, -0.2) is 23.7 Å². The van der Waals surface area contributed by atoms with Gasteiger partial charge >= 0.3 is 0 Å². The molecule has 2 heterocycles. The molecule has 1 nitrogen and oxygen atoms in total. The molecule has 1 aromatic carbocycles. The third kappa shape index (κ3) is 4.27. The summed E-state index contributed by atoms with van der Waals surface area (Å²) in [5.74, 6) is 3.43. The van der Waals surface area contributed by atoms with Gasteiger partial charge in [0, 0.05) is 11.4 Å². The predicted octanol–water partition coefficient (Wildman–Crippen LogP) is 5.60. The lowest BCUT2D eigenvalue weighted by Crippen LogP contribution is -2.42. The SMILES string of the molecule is BrC(CCC1CCOC2(CCSCC2)C1)c1ccccc1. The molecule has 0 radical (unpaired) electrons. The van der Waals surface area contributed by atoms with Crippen LogP contribution in [0, 0.1) is 5.92 Å². The number of rotatable bonds is 4. The minimum atomic E-state index is 0.239. The molecule has 2 saturated heterocycles. The maximum absolute atomic E-state index is 6.20. The largest absolute Gasteiger partial charge is 0.375 e. The highest BCUT2D eigenvalue weighted by atomic mass is 79.9. The predicted molar refractivity (Wildman–Crippen MR) is 95.3 cm³/mol. The van der Waals surface area contributed by atoms with E-state index in [4.69, 9.17) is 4.74 Å². The van der Waals surface area contributed by atoms with E-state index in [-0.39, 0.29) is 5.60 Å². The number of hydrogen-bond donors (Lipinski definition) is 0. The van der Waals surface area contributed by atoms with Crippen LogP contribution < -0.4 is 0 Å². The molecule has 21 heavy (non-hydrogen) atoms. The molecule has 3 heteroatoms. The molecule has 2 aliphatic heterocycles. The fourth-order valence-corrected chi connectivity index (χ4v) is 5.48. The molecule has 116 valence electrons. The van der Waals surface area contributed by atoms with E-state index in [9.17, 15) is 0 Å². The number of halogens is 1. The molecule has 0 aliphatic carbocycles. The zero-order valence-electron chi connectivity index (χ0n) is 12.6. The van der Waals surface area contributed by atoms with Crippen LogP contribution in [0.25, 0.3) is 0 Å². The molecule has 2 unspecified atom stereocenters. The van der Waals surface area contributed by atoms with Crippen molar-refractivity contribution in [2.45, 2.75) is 49.0 Å². The molecule has 2 fully saturated rings. The number of benzene rings is 1. The summed E-state index contributed by atoms with van der Waals surface area (Å²) in [6.45, 7) is 0.980. The van der Waals surface area contributed by atoms with Gasteiger partial charge in [-0.1, -0.05) is 46.3 Å². The average molecular weight is 369 g/mol. The average Bonchev–Trinajstić information content (AvgIpc) is 2.54. The maximum atomic E-state index is 6.20. The number of alkyl halides is 1. The van der Waals surface area contributed by atoms with Crippen LogP contribution in [0.15, 0.2) is 30.3 Å². The quantitative estimate of drug-likeness (QED) is 0.640. The summed E-state index contributed by atoms with van der Waals surface area (Å²) in [6, 6.07) is 10.8. The molecule has 1 aromatic rings. The first-order valence-electron chi connectivity index (χ1n) is 8.18. The molecule has 0 saturated carbocycles. The maximum Gasteiger partial charge on any atom is 0.0700 e. The highest BCUT2D eigenvalue weighted by molar-refractivity contribution is 9.09. The van der Waals surface area contributed by atoms with Gasteiger partial charge in [0.05, 0.1) is 5.60 Å². The fourth-order valence-electron chi connectivity index (χ4n) is 3.68. The van der Waals surface area contributed by atoms with Crippen molar-refractivity contribution in [3.63, 3.8) is 0 Å². The topological polar surface area (TPSA) is 9.23 Å². The Morgan fingerprint density at radius 1 is 1.24 bits per heavy atom. The molecular weight excluding hydrogens is 344 g/mol. The van der Waals surface area contributed by atoms with Crippen LogP contribution >= 0.6 is 27.7 Å². The van der Waals surface area contributed by atoms with E-state index >= 15 is 0 Å². The van der Waals surface area contributed by atoms with Crippen molar-refractivity contribution >= 4 is 27.7 Å². The molecule has 1 spiro atoms. The molecule has 2 atom stereocenters. The van der Waals surface area contributed by atoms with Crippen LogP contribution in [0.5, 0.6) is 0 Å². The smallest absolute Gasteiger partial charge is 0.0700 e.